The van der Waals surface area contributed by atoms with Crippen LogP contribution in [-0.2, 0) is 4.74 Å². The van der Waals surface area contributed by atoms with Crippen molar-refractivity contribution in [3.05, 3.63) is 59.9 Å². The van der Waals surface area contributed by atoms with Gasteiger partial charge in [-0.2, -0.15) is 0 Å². The number of hydrogen-bond acceptors (Lipinski definition) is 4. The summed E-state index contributed by atoms with van der Waals surface area (Å²) in [4.78, 5) is 0. The van der Waals surface area contributed by atoms with E-state index in [1.807, 2.05) is 41.8 Å². The van der Waals surface area contributed by atoms with Gasteiger partial charge in [0.25, 0.3) is 0 Å². The van der Waals surface area contributed by atoms with Gasteiger partial charge in [0.15, 0.2) is 11.0 Å². The minimum atomic E-state index is -0.301. The second kappa shape index (κ2) is 8.23. The number of benzene rings is 2. The van der Waals surface area contributed by atoms with Gasteiger partial charge in [-0.3, -0.25) is 4.57 Å². The van der Waals surface area contributed by atoms with Gasteiger partial charge in [0.2, 0.25) is 0 Å². The highest BCUT2D eigenvalue weighted by atomic mass is 32.2. The van der Waals surface area contributed by atoms with E-state index in [-0.39, 0.29) is 11.9 Å². The van der Waals surface area contributed by atoms with Gasteiger partial charge < -0.3 is 4.74 Å². The van der Waals surface area contributed by atoms with Crippen LogP contribution in [0, 0.1) is 12.7 Å². The van der Waals surface area contributed by atoms with Crippen molar-refractivity contribution < 1.29 is 9.13 Å². The molecule has 2 aromatic carbocycles. The van der Waals surface area contributed by atoms with E-state index in [4.69, 9.17) is 4.74 Å². The zero-order chi connectivity index (χ0) is 18.6. The molecular formula is C21H22FN3OS. The Hall–Kier alpha value is -2.18. The molecule has 0 N–H and O–H groups in total. The molecule has 0 radical (unpaired) electrons. The highest BCUT2D eigenvalue weighted by Crippen LogP contribution is 2.30. The molecule has 1 aliphatic rings. The molecular weight excluding hydrogens is 361 g/mol. The van der Waals surface area contributed by atoms with Crippen LogP contribution in [0.1, 0.15) is 24.8 Å². The molecule has 27 heavy (non-hydrogen) atoms. The van der Waals surface area contributed by atoms with Crippen LogP contribution in [0.5, 0.6) is 0 Å². The number of aryl methyl sites for hydroxylation is 1. The van der Waals surface area contributed by atoms with E-state index in [0.717, 1.165) is 36.0 Å². The number of hydrogen-bond donors (Lipinski definition) is 0. The first-order valence-electron chi connectivity index (χ1n) is 9.24. The summed E-state index contributed by atoms with van der Waals surface area (Å²) in [6.45, 7) is 2.88. The van der Waals surface area contributed by atoms with Crippen molar-refractivity contribution in [1.82, 2.24) is 14.8 Å². The first-order valence-corrected chi connectivity index (χ1v) is 10.2. The average Bonchev–Trinajstić information content (AvgIpc) is 3.12. The van der Waals surface area contributed by atoms with Crippen molar-refractivity contribution in [2.45, 2.75) is 37.4 Å². The second-order valence-electron chi connectivity index (χ2n) is 6.76. The fraction of sp³-hybridized carbons (Fsp3) is 0.333. The van der Waals surface area contributed by atoms with Crippen molar-refractivity contribution in [3.63, 3.8) is 0 Å². The Balaban J connectivity index is 1.70. The normalized spacial score (nSPS) is 17.2. The summed E-state index contributed by atoms with van der Waals surface area (Å²) in [6, 6.07) is 14.8. The molecule has 140 valence electrons. The van der Waals surface area contributed by atoms with E-state index in [2.05, 4.69) is 10.2 Å². The quantitative estimate of drug-likeness (QED) is 0.579. The van der Waals surface area contributed by atoms with E-state index in [1.165, 1.54) is 18.1 Å². The fourth-order valence-electron chi connectivity index (χ4n) is 3.21. The summed E-state index contributed by atoms with van der Waals surface area (Å²) in [7, 11) is 0. The lowest BCUT2D eigenvalue weighted by molar-refractivity contribution is 0.0315. The molecule has 1 unspecified atom stereocenters. The molecule has 1 saturated heterocycles. The number of aromatic nitrogens is 3. The number of rotatable bonds is 5. The van der Waals surface area contributed by atoms with Crippen LogP contribution in [0.3, 0.4) is 0 Å². The van der Waals surface area contributed by atoms with Crippen LogP contribution in [0.2, 0.25) is 0 Å². The van der Waals surface area contributed by atoms with Gasteiger partial charge in [-0.05, 0) is 50.5 Å². The Kier molecular flexibility index (Phi) is 5.55. The standard InChI is InChI=1S/C21H22FN3OS/c1-15-9-11-16(12-10-15)25-20(18-7-2-3-8-19(18)22)23-24-21(25)27-14-17-6-4-5-13-26-17/h2-3,7-12,17H,4-6,13-14H2,1H3. The molecule has 1 fully saturated rings. The van der Waals surface area contributed by atoms with Gasteiger partial charge in [0.1, 0.15) is 5.82 Å². The van der Waals surface area contributed by atoms with E-state index in [9.17, 15) is 4.39 Å². The van der Waals surface area contributed by atoms with E-state index >= 15 is 0 Å². The fourth-order valence-corrected chi connectivity index (χ4v) is 4.23. The Bertz CT molecular complexity index is 904. The summed E-state index contributed by atoms with van der Waals surface area (Å²) in [5, 5.41) is 9.45. The minimum Gasteiger partial charge on any atom is -0.377 e. The predicted octanol–water partition coefficient (Wildman–Crippen LogP) is 5.04. The third-order valence-electron chi connectivity index (χ3n) is 4.71. The van der Waals surface area contributed by atoms with Crippen LogP contribution in [-0.4, -0.2) is 33.2 Å². The molecule has 0 spiro atoms. The average molecular weight is 383 g/mol. The molecule has 2 heterocycles. The van der Waals surface area contributed by atoms with Gasteiger partial charge in [-0.15, -0.1) is 10.2 Å². The van der Waals surface area contributed by atoms with E-state index in [0.29, 0.717) is 11.4 Å². The molecule has 0 bridgehead atoms. The van der Waals surface area contributed by atoms with Crippen molar-refractivity contribution in [3.8, 4) is 17.1 Å². The SMILES string of the molecule is Cc1ccc(-n2c(SCC3CCCCO3)nnc2-c2ccccc2F)cc1. The van der Waals surface area contributed by atoms with E-state index in [1.54, 1.807) is 23.9 Å². The first kappa shape index (κ1) is 18.2. The summed E-state index contributed by atoms with van der Waals surface area (Å²) in [5.74, 6) is 1.04. The first-order chi connectivity index (χ1) is 13.2. The van der Waals surface area contributed by atoms with Crippen LogP contribution >= 0.6 is 11.8 Å². The van der Waals surface area contributed by atoms with Crippen LogP contribution in [0.4, 0.5) is 4.39 Å². The summed E-state index contributed by atoms with van der Waals surface area (Å²) in [6.07, 6.45) is 3.66. The second-order valence-corrected chi connectivity index (χ2v) is 7.74. The maximum absolute atomic E-state index is 14.4. The van der Waals surface area contributed by atoms with Crippen LogP contribution in [0.15, 0.2) is 53.7 Å². The topological polar surface area (TPSA) is 39.9 Å². The molecule has 4 nitrogen and oxygen atoms in total. The molecule has 0 amide bonds. The van der Waals surface area contributed by atoms with Gasteiger partial charge >= 0.3 is 0 Å². The van der Waals surface area contributed by atoms with Crippen LogP contribution < -0.4 is 0 Å². The Morgan fingerprint density at radius 1 is 1.11 bits per heavy atom. The maximum Gasteiger partial charge on any atom is 0.196 e. The third kappa shape index (κ3) is 4.06. The minimum absolute atomic E-state index is 0.240. The number of halogens is 1. The number of thioether (sulfide) groups is 1. The Morgan fingerprint density at radius 2 is 1.93 bits per heavy atom. The molecule has 6 heteroatoms. The summed E-state index contributed by atoms with van der Waals surface area (Å²) in [5.41, 5.74) is 2.55. The van der Waals surface area contributed by atoms with Crippen molar-refractivity contribution in [2.24, 2.45) is 0 Å². The number of nitrogens with zero attached hydrogens (tertiary/aromatic N) is 3. The predicted molar refractivity (Wildman–Crippen MR) is 106 cm³/mol. The van der Waals surface area contributed by atoms with Gasteiger partial charge in [-0.25, -0.2) is 4.39 Å². The Labute approximate surface area is 162 Å². The lowest BCUT2D eigenvalue weighted by atomic mass is 10.1. The smallest absolute Gasteiger partial charge is 0.196 e. The van der Waals surface area contributed by atoms with Crippen LogP contribution in [0.25, 0.3) is 17.1 Å². The Morgan fingerprint density at radius 3 is 2.67 bits per heavy atom. The highest BCUT2D eigenvalue weighted by Gasteiger charge is 2.21. The van der Waals surface area contributed by atoms with Crippen molar-refractivity contribution >= 4 is 11.8 Å². The number of ether oxygens (including phenoxy) is 1. The largest absolute Gasteiger partial charge is 0.377 e. The molecule has 3 aromatic rings. The van der Waals surface area contributed by atoms with Crippen molar-refractivity contribution in [2.75, 3.05) is 12.4 Å². The van der Waals surface area contributed by atoms with Gasteiger partial charge in [-0.1, -0.05) is 41.6 Å². The molecule has 1 aromatic heterocycles. The summed E-state index contributed by atoms with van der Waals surface area (Å²) < 4.78 is 22.2. The summed E-state index contributed by atoms with van der Waals surface area (Å²) >= 11 is 1.62. The van der Waals surface area contributed by atoms with Gasteiger partial charge in [0.05, 0.1) is 11.7 Å². The maximum atomic E-state index is 14.4. The molecule has 1 aliphatic heterocycles. The third-order valence-corrected chi connectivity index (χ3v) is 5.77. The molecule has 0 aliphatic carbocycles. The zero-order valence-electron chi connectivity index (χ0n) is 15.3. The lowest BCUT2D eigenvalue weighted by Gasteiger charge is -2.22. The van der Waals surface area contributed by atoms with Gasteiger partial charge in [0, 0.05) is 18.0 Å². The molecule has 0 saturated carbocycles. The molecule has 4 rings (SSSR count). The zero-order valence-corrected chi connectivity index (χ0v) is 16.1. The highest BCUT2D eigenvalue weighted by molar-refractivity contribution is 7.99. The molecule has 1 atom stereocenters. The lowest BCUT2D eigenvalue weighted by Crippen LogP contribution is -2.21. The monoisotopic (exact) mass is 383 g/mol. The van der Waals surface area contributed by atoms with E-state index < -0.39 is 0 Å². The van der Waals surface area contributed by atoms with Crippen molar-refractivity contribution in [1.29, 1.82) is 0 Å².